The summed E-state index contributed by atoms with van der Waals surface area (Å²) in [5.41, 5.74) is 2.00. The third-order valence-corrected chi connectivity index (χ3v) is 2.03. The third kappa shape index (κ3) is 2.06. The summed E-state index contributed by atoms with van der Waals surface area (Å²) in [5, 5.41) is 8.05. The van der Waals surface area contributed by atoms with E-state index in [1.807, 2.05) is 26.8 Å². The Bertz CT molecular complexity index is 395. The Balaban J connectivity index is 0.000000396. The van der Waals surface area contributed by atoms with E-state index in [0.717, 1.165) is 21.2 Å². The molecule has 2 aromatic heterocycles. The van der Waals surface area contributed by atoms with Gasteiger partial charge >= 0.3 is 0 Å². The molecule has 1 N–H and O–H groups in total. The van der Waals surface area contributed by atoms with Gasteiger partial charge < -0.3 is 0 Å². The van der Waals surface area contributed by atoms with E-state index in [9.17, 15) is 0 Å². The summed E-state index contributed by atoms with van der Waals surface area (Å²) in [6.07, 6.45) is 1.80. The monoisotopic (exact) mass is 241 g/mol. The molecule has 0 bridgehead atoms. The Hall–Kier alpha value is -0.900. The number of H-pyrrole nitrogens is 1. The number of aryl methyl sites for hydroxylation is 1. The predicted octanol–water partition coefficient (Wildman–Crippen LogP) is 3.06. The minimum absolute atomic E-state index is 0.816. The molecule has 0 aliphatic carbocycles. The number of halogens is 1. The average Bonchev–Trinajstić information content (AvgIpc) is 2.51. The van der Waals surface area contributed by atoms with Gasteiger partial charge in [-0.25, -0.2) is 4.98 Å². The van der Waals surface area contributed by atoms with Crippen LogP contribution in [0.5, 0.6) is 0 Å². The van der Waals surface area contributed by atoms with E-state index in [4.69, 9.17) is 0 Å². The summed E-state index contributed by atoms with van der Waals surface area (Å²) in [6.45, 7) is 5.98. The van der Waals surface area contributed by atoms with Crippen LogP contribution in [0.3, 0.4) is 0 Å². The van der Waals surface area contributed by atoms with Gasteiger partial charge in [-0.2, -0.15) is 5.10 Å². The number of aromatic amines is 1. The summed E-state index contributed by atoms with van der Waals surface area (Å²) in [4.78, 5) is 4.10. The standard InChI is InChI=1S/C7H6BrN3.C2H6/c1-4-5-3-9-7(8)2-6(5)11-10-4;1-2/h2-3H,1H3,(H,10,11);1-2H3. The Morgan fingerprint density at radius 1 is 1.38 bits per heavy atom. The van der Waals surface area contributed by atoms with Gasteiger partial charge in [-0.05, 0) is 28.9 Å². The molecule has 0 spiro atoms. The molecule has 0 fully saturated rings. The average molecular weight is 242 g/mol. The second-order valence-corrected chi connectivity index (χ2v) is 3.19. The lowest BCUT2D eigenvalue weighted by Gasteiger charge is -1.88. The first-order chi connectivity index (χ1) is 6.27. The fourth-order valence-corrected chi connectivity index (χ4v) is 1.33. The van der Waals surface area contributed by atoms with Gasteiger partial charge in [0.25, 0.3) is 0 Å². The van der Waals surface area contributed by atoms with Crippen molar-refractivity contribution in [2.75, 3.05) is 0 Å². The van der Waals surface area contributed by atoms with Crippen molar-refractivity contribution in [3.63, 3.8) is 0 Å². The van der Waals surface area contributed by atoms with Crippen molar-refractivity contribution in [1.82, 2.24) is 15.2 Å². The smallest absolute Gasteiger partial charge is 0.108 e. The SMILES string of the molecule is CC.Cc1[nH]nc2cc(Br)ncc12. The van der Waals surface area contributed by atoms with Crippen LogP contribution in [0.25, 0.3) is 10.9 Å². The van der Waals surface area contributed by atoms with Crippen molar-refractivity contribution in [2.24, 2.45) is 0 Å². The van der Waals surface area contributed by atoms with Crippen molar-refractivity contribution in [2.45, 2.75) is 20.8 Å². The largest absolute Gasteiger partial charge is 0.282 e. The number of nitrogens with one attached hydrogen (secondary N) is 1. The number of nitrogens with zero attached hydrogens (tertiary/aromatic N) is 2. The van der Waals surface area contributed by atoms with E-state index in [1.54, 1.807) is 6.20 Å². The highest BCUT2D eigenvalue weighted by Crippen LogP contribution is 2.16. The van der Waals surface area contributed by atoms with Crippen LogP contribution in [0.2, 0.25) is 0 Å². The first-order valence-corrected chi connectivity index (χ1v) is 5.03. The summed E-state index contributed by atoms with van der Waals surface area (Å²) in [5.74, 6) is 0. The van der Waals surface area contributed by atoms with Crippen molar-refractivity contribution in [3.05, 3.63) is 22.6 Å². The number of aromatic nitrogens is 3. The lowest BCUT2D eigenvalue weighted by Crippen LogP contribution is -1.74. The van der Waals surface area contributed by atoms with Gasteiger partial charge in [-0.1, -0.05) is 13.8 Å². The van der Waals surface area contributed by atoms with Crippen LogP contribution in [0.15, 0.2) is 16.9 Å². The predicted molar refractivity (Wildman–Crippen MR) is 57.7 cm³/mol. The molecular formula is C9H12BrN3. The first kappa shape index (κ1) is 10.2. The van der Waals surface area contributed by atoms with Crippen LogP contribution in [0, 0.1) is 6.92 Å². The van der Waals surface area contributed by atoms with Gasteiger partial charge in [-0.3, -0.25) is 5.10 Å². The minimum Gasteiger partial charge on any atom is -0.282 e. The van der Waals surface area contributed by atoms with Crippen molar-refractivity contribution >= 4 is 26.8 Å². The van der Waals surface area contributed by atoms with Crippen LogP contribution in [0.1, 0.15) is 19.5 Å². The lowest BCUT2D eigenvalue weighted by atomic mass is 10.3. The maximum absolute atomic E-state index is 4.10. The summed E-state index contributed by atoms with van der Waals surface area (Å²) >= 11 is 3.28. The summed E-state index contributed by atoms with van der Waals surface area (Å²) in [6, 6.07) is 1.89. The number of hydrogen-bond donors (Lipinski definition) is 1. The molecule has 0 saturated carbocycles. The van der Waals surface area contributed by atoms with E-state index in [1.165, 1.54) is 0 Å². The van der Waals surface area contributed by atoms with Gasteiger partial charge in [0.1, 0.15) is 4.60 Å². The number of hydrogen-bond acceptors (Lipinski definition) is 2. The van der Waals surface area contributed by atoms with Crippen molar-refractivity contribution in [1.29, 1.82) is 0 Å². The number of pyridine rings is 1. The van der Waals surface area contributed by atoms with Gasteiger partial charge in [0, 0.05) is 17.3 Å². The Kier molecular flexibility index (Phi) is 3.42. The van der Waals surface area contributed by atoms with Crippen LogP contribution in [-0.2, 0) is 0 Å². The van der Waals surface area contributed by atoms with Crippen molar-refractivity contribution in [3.8, 4) is 0 Å². The zero-order valence-electron chi connectivity index (χ0n) is 7.93. The van der Waals surface area contributed by atoms with E-state index < -0.39 is 0 Å². The maximum Gasteiger partial charge on any atom is 0.108 e. The van der Waals surface area contributed by atoms with Crippen LogP contribution in [-0.4, -0.2) is 15.2 Å². The highest BCUT2D eigenvalue weighted by molar-refractivity contribution is 9.10. The Labute approximate surface area is 85.7 Å². The molecule has 0 aromatic carbocycles. The van der Waals surface area contributed by atoms with Gasteiger partial charge in [-0.15, -0.1) is 0 Å². The number of rotatable bonds is 0. The zero-order valence-corrected chi connectivity index (χ0v) is 9.51. The van der Waals surface area contributed by atoms with E-state index in [2.05, 4.69) is 31.1 Å². The molecule has 0 saturated heterocycles. The molecule has 2 heterocycles. The molecule has 2 rings (SSSR count). The topological polar surface area (TPSA) is 41.6 Å². The van der Waals surface area contributed by atoms with Gasteiger partial charge in [0.15, 0.2) is 0 Å². The van der Waals surface area contributed by atoms with Crippen LogP contribution < -0.4 is 0 Å². The first-order valence-electron chi connectivity index (χ1n) is 4.23. The highest BCUT2D eigenvalue weighted by Gasteiger charge is 2.00. The third-order valence-electron chi connectivity index (χ3n) is 1.60. The molecule has 0 radical (unpaired) electrons. The highest BCUT2D eigenvalue weighted by atomic mass is 79.9. The summed E-state index contributed by atoms with van der Waals surface area (Å²) in [7, 11) is 0. The van der Waals surface area contributed by atoms with Crippen LogP contribution >= 0.6 is 15.9 Å². The van der Waals surface area contributed by atoms with Gasteiger partial charge in [0.2, 0.25) is 0 Å². The fourth-order valence-electron chi connectivity index (χ4n) is 1.01. The quantitative estimate of drug-likeness (QED) is 0.721. The molecule has 0 unspecified atom stereocenters. The molecule has 0 amide bonds. The molecule has 4 heteroatoms. The van der Waals surface area contributed by atoms with Crippen molar-refractivity contribution < 1.29 is 0 Å². The maximum atomic E-state index is 4.10. The molecule has 3 nitrogen and oxygen atoms in total. The van der Waals surface area contributed by atoms with E-state index >= 15 is 0 Å². The molecule has 2 aromatic rings. The molecule has 0 aliphatic heterocycles. The molecule has 13 heavy (non-hydrogen) atoms. The molecular weight excluding hydrogens is 230 g/mol. The number of fused-ring (bicyclic) bond motifs is 1. The zero-order chi connectivity index (χ0) is 9.84. The summed E-state index contributed by atoms with van der Waals surface area (Å²) < 4.78 is 0.816. The van der Waals surface area contributed by atoms with E-state index in [0.29, 0.717) is 0 Å². The minimum atomic E-state index is 0.816. The van der Waals surface area contributed by atoms with E-state index in [-0.39, 0.29) is 0 Å². The molecule has 0 atom stereocenters. The van der Waals surface area contributed by atoms with Gasteiger partial charge in [0.05, 0.1) is 5.52 Å². The van der Waals surface area contributed by atoms with Crippen LogP contribution in [0.4, 0.5) is 0 Å². The second-order valence-electron chi connectivity index (χ2n) is 2.37. The lowest BCUT2D eigenvalue weighted by molar-refractivity contribution is 1.07. The normalized spacial score (nSPS) is 9.54. The molecule has 0 aliphatic rings. The Morgan fingerprint density at radius 3 is 2.77 bits per heavy atom. The Morgan fingerprint density at radius 2 is 2.08 bits per heavy atom. The molecule has 70 valence electrons. The second kappa shape index (κ2) is 4.37. The fraction of sp³-hybridized carbons (Fsp3) is 0.333.